The molecule has 0 fully saturated rings. The number of amides is 1. The number of carbonyl (C=O) groups excluding carboxylic acids is 2. The van der Waals surface area contributed by atoms with E-state index in [-0.39, 0.29) is 5.91 Å². The van der Waals surface area contributed by atoms with Crippen molar-refractivity contribution in [2.45, 2.75) is 19.4 Å². The summed E-state index contributed by atoms with van der Waals surface area (Å²) in [7, 11) is 2.87. The average molecular weight is 569 g/mol. The Labute approximate surface area is 244 Å². The first-order chi connectivity index (χ1) is 20.0. The van der Waals surface area contributed by atoms with E-state index in [1.54, 1.807) is 25.6 Å². The van der Waals surface area contributed by atoms with Crippen molar-refractivity contribution in [3.63, 3.8) is 0 Å². The average Bonchev–Trinajstić information content (AvgIpc) is 3.00. The highest BCUT2D eigenvalue weighted by atomic mass is 32.2. The van der Waals surface area contributed by atoms with Gasteiger partial charge < -0.3 is 19.0 Å². The number of pyridine rings is 1. The molecular weight excluding hydrogens is 536 g/mol. The number of nitrogens with zero attached hydrogens (tertiary/aromatic N) is 1. The Kier molecular flexibility index (Phi) is 10.7. The van der Waals surface area contributed by atoms with Gasteiger partial charge in [-0.2, -0.15) is 0 Å². The Morgan fingerprint density at radius 1 is 0.951 bits per heavy atom. The topological polar surface area (TPSA) is 86.8 Å². The Morgan fingerprint density at radius 3 is 2.49 bits per heavy atom. The molecule has 1 atom stereocenters. The molecule has 1 aromatic heterocycles. The van der Waals surface area contributed by atoms with Gasteiger partial charge in [0.25, 0.3) is 5.91 Å². The number of para-hydroxylation sites is 1. The third-order valence-corrected chi connectivity index (χ3v) is 7.00. The van der Waals surface area contributed by atoms with Crippen LogP contribution in [0.25, 0.3) is 23.3 Å². The molecule has 1 amide bonds. The van der Waals surface area contributed by atoms with Crippen molar-refractivity contribution in [2.75, 3.05) is 20.0 Å². The van der Waals surface area contributed by atoms with E-state index in [0.717, 1.165) is 33.6 Å². The van der Waals surface area contributed by atoms with Crippen LogP contribution >= 0.6 is 12.0 Å². The van der Waals surface area contributed by atoms with E-state index in [9.17, 15) is 9.59 Å². The summed E-state index contributed by atoms with van der Waals surface area (Å²) < 4.78 is 16.0. The smallest absolute Gasteiger partial charge is 0.328 e. The molecule has 0 aliphatic heterocycles. The summed E-state index contributed by atoms with van der Waals surface area (Å²) in [5, 5.41) is 2.86. The van der Waals surface area contributed by atoms with Gasteiger partial charge in [-0.05, 0) is 84.0 Å². The van der Waals surface area contributed by atoms with E-state index >= 15 is 0 Å². The first kappa shape index (κ1) is 29.6. The summed E-state index contributed by atoms with van der Waals surface area (Å²) in [5.41, 5.74) is 4.85. The minimum Gasteiger partial charge on any atom is -0.467 e. The summed E-state index contributed by atoms with van der Waals surface area (Å²) in [6, 6.07) is 24.1. The molecule has 0 bridgehead atoms. The molecule has 4 aromatic rings. The molecule has 0 saturated carbocycles. The summed E-state index contributed by atoms with van der Waals surface area (Å²) >= 11 is 1.22. The summed E-state index contributed by atoms with van der Waals surface area (Å²) in [6.45, 7) is 2.00. The van der Waals surface area contributed by atoms with Crippen LogP contribution in [0.4, 0.5) is 0 Å². The molecule has 3 aromatic carbocycles. The van der Waals surface area contributed by atoms with Gasteiger partial charge in [-0.3, -0.25) is 9.78 Å². The SMILES string of the molecule is COSCCC(NC(=O)c1ccc(/C=C/c2cnccc2Oc2ccccc2)cc1-c1ccccc1C)C(=O)OC. The lowest BCUT2D eigenvalue weighted by Gasteiger charge is -2.18. The van der Waals surface area contributed by atoms with Crippen LogP contribution in [-0.2, 0) is 13.7 Å². The molecule has 0 aliphatic carbocycles. The Bertz CT molecular complexity index is 1510. The monoisotopic (exact) mass is 568 g/mol. The van der Waals surface area contributed by atoms with Crippen LogP contribution in [0, 0.1) is 6.92 Å². The predicted octanol–water partition coefficient (Wildman–Crippen LogP) is 6.98. The van der Waals surface area contributed by atoms with Crippen molar-refractivity contribution in [2.24, 2.45) is 0 Å². The molecule has 1 unspecified atom stereocenters. The fourth-order valence-electron chi connectivity index (χ4n) is 4.25. The lowest BCUT2D eigenvalue weighted by Crippen LogP contribution is -2.42. The highest BCUT2D eigenvalue weighted by molar-refractivity contribution is 7.94. The first-order valence-corrected chi connectivity index (χ1v) is 14.0. The maximum Gasteiger partial charge on any atom is 0.328 e. The molecule has 7 nitrogen and oxygen atoms in total. The van der Waals surface area contributed by atoms with Gasteiger partial charge in [-0.1, -0.05) is 54.6 Å². The van der Waals surface area contributed by atoms with E-state index in [1.807, 2.05) is 91.9 Å². The molecular formula is C33H32N2O5S. The van der Waals surface area contributed by atoms with Crippen LogP contribution in [0.15, 0.2) is 91.3 Å². The molecule has 41 heavy (non-hydrogen) atoms. The van der Waals surface area contributed by atoms with Crippen LogP contribution in [0.2, 0.25) is 0 Å². The number of rotatable bonds is 12. The van der Waals surface area contributed by atoms with E-state index in [2.05, 4.69) is 10.3 Å². The Morgan fingerprint density at radius 2 is 1.73 bits per heavy atom. The van der Waals surface area contributed by atoms with Crippen molar-refractivity contribution in [3.8, 4) is 22.6 Å². The summed E-state index contributed by atoms with van der Waals surface area (Å²) in [5.74, 6) is 1.07. The second-order valence-electron chi connectivity index (χ2n) is 9.11. The van der Waals surface area contributed by atoms with Crippen LogP contribution in [0.3, 0.4) is 0 Å². The fraction of sp³-hybridized carbons (Fsp3) is 0.182. The van der Waals surface area contributed by atoms with Crippen LogP contribution in [-0.4, -0.2) is 42.9 Å². The Hall–Kier alpha value is -4.40. The zero-order valence-corrected chi connectivity index (χ0v) is 24.0. The van der Waals surface area contributed by atoms with Gasteiger partial charge in [0.2, 0.25) is 0 Å². The lowest BCUT2D eigenvalue weighted by atomic mass is 9.93. The van der Waals surface area contributed by atoms with E-state index in [4.69, 9.17) is 13.7 Å². The van der Waals surface area contributed by atoms with Crippen LogP contribution in [0.1, 0.15) is 33.5 Å². The van der Waals surface area contributed by atoms with Gasteiger partial charge in [0, 0.05) is 29.3 Å². The van der Waals surface area contributed by atoms with Crippen LogP contribution < -0.4 is 10.1 Å². The van der Waals surface area contributed by atoms with Crippen molar-refractivity contribution in [3.05, 3.63) is 114 Å². The van der Waals surface area contributed by atoms with Gasteiger partial charge in [-0.15, -0.1) is 0 Å². The molecule has 0 spiro atoms. The number of esters is 1. The molecule has 1 heterocycles. The van der Waals surface area contributed by atoms with Gasteiger partial charge in [0.05, 0.1) is 14.2 Å². The standard InChI is InChI=1S/C33H32N2O5S/c1-23-9-7-8-12-27(23)29-21-24(13-15-25-22-34-19-17-31(25)40-26-10-5-4-6-11-26)14-16-28(29)32(36)35-30(33(37)38-2)18-20-41-39-3/h4-17,19,21-22,30H,18,20H2,1-3H3,(H,35,36)/b15-13+. The van der Waals surface area contributed by atoms with Gasteiger partial charge in [-0.25, -0.2) is 4.79 Å². The molecule has 4 rings (SSSR count). The Balaban J connectivity index is 1.65. The quantitative estimate of drug-likeness (QED) is 0.112. The number of hydrogen-bond donors (Lipinski definition) is 1. The van der Waals surface area contributed by atoms with Gasteiger partial charge >= 0.3 is 5.97 Å². The second-order valence-corrected chi connectivity index (χ2v) is 10.1. The number of hydrogen-bond acceptors (Lipinski definition) is 7. The number of aromatic nitrogens is 1. The number of ether oxygens (including phenoxy) is 2. The maximum absolute atomic E-state index is 13.5. The fourth-order valence-corrected chi connectivity index (χ4v) is 4.75. The molecule has 0 saturated heterocycles. The predicted molar refractivity (Wildman–Crippen MR) is 164 cm³/mol. The zero-order valence-electron chi connectivity index (χ0n) is 23.2. The highest BCUT2D eigenvalue weighted by Gasteiger charge is 2.24. The molecule has 0 aliphatic rings. The minimum atomic E-state index is -0.798. The van der Waals surface area contributed by atoms with Crippen LogP contribution in [0.5, 0.6) is 11.5 Å². The van der Waals surface area contributed by atoms with Crippen molar-refractivity contribution < 1.29 is 23.2 Å². The minimum absolute atomic E-state index is 0.359. The number of benzene rings is 3. The lowest BCUT2D eigenvalue weighted by molar-refractivity contribution is -0.142. The van der Waals surface area contributed by atoms with Crippen molar-refractivity contribution >= 4 is 36.1 Å². The van der Waals surface area contributed by atoms with E-state index in [1.165, 1.54) is 19.2 Å². The highest BCUT2D eigenvalue weighted by Crippen LogP contribution is 2.30. The third kappa shape index (κ3) is 8.06. The zero-order chi connectivity index (χ0) is 29.0. The number of aryl methyl sites for hydroxylation is 1. The first-order valence-electron chi connectivity index (χ1n) is 13.1. The third-order valence-electron chi connectivity index (χ3n) is 6.36. The van der Waals surface area contributed by atoms with Gasteiger partial charge in [0.1, 0.15) is 17.5 Å². The normalized spacial score (nSPS) is 11.7. The summed E-state index contributed by atoms with van der Waals surface area (Å²) in [4.78, 5) is 30.2. The molecule has 210 valence electrons. The van der Waals surface area contributed by atoms with Crippen molar-refractivity contribution in [1.29, 1.82) is 0 Å². The second kappa shape index (κ2) is 14.8. The van der Waals surface area contributed by atoms with Gasteiger partial charge in [0.15, 0.2) is 0 Å². The molecule has 8 heteroatoms. The number of nitrogens with one attached hydrogen (secondary N) is 1. The summed E-state index contributed by atoms with van der Waals surface area (Å²) in [6.07, 6.45) is 7.69. The molecule has 1 N–H and O–H groups in total. The number of methoxy groups -OCH3 is 1. The van der Waals surface area contributed by atoms with E-state index in [0.29, 0.717) is 23.5 Å². The largest absolute Gasteiger partial charge is 0.467 e. The van der Waals surface area contributed by atoms with Crippen molar-refractivity contribution in [1.82, 2.24) is 10.3 Å². The molecule has 0 radical (unpaired) electrons. The number of carbonyl (C=O) groups is 2. The van der Waals surface area contributed by atoms with E-state index < -0.39 is 12.0 Å². The maximum atomic E-state index is 13.5.